The van der Waals surface area contributed by atoms with Gasteiger partial charge in [-0.25, -0.2) is 0 Å². The normalized spacial score (nSPS) is 21.7. The number of benzene rings is 1. The van der Waals surface area contributed by atoms with Gasteiger partial charge in [-0.05, 0) is 23.8 Å². The molecule has 0 aliphatic carbocycles. The Bertz CT molecular complexity index is 467. The molecule has 0 aromatic heterocycles. The van der Waals surface area contributed by atoms with Crippen LogP contribution in [0.4, 0.5) is 0 Å². The van der Waals surface area contributed by atoms with E-state index in [1.54, 1.807) is 7.11 Å². The summed E-state index contributed by atoms with van der Waals surface area (Å²) in [6.07, 6.45) is 2.39. The number of rotatable bonds is 5. The van der Waals surface area contributed by atoms with Crippen molar-refractivity contribution >= 4 is 29.9 Å². The molecule has 1 aromatic rings. The fourth-order valence-corrected chi connectivity index (χ4v) is 3.37. The Kier molecular flexibility index (Phi) is 9.55. The van der Waals surface area contributed by atoms with E-state index in [9.17, 15) is 0 Å². The Morgan fingerprint density at radius 3 is 2.70 bits per heavy atom. The van der Waals surface area contributed by atoms with Crippen LogP contribution in [0.25, 0.3) is 0 Å². The predicted molar refractivity (Wildman–Crippen MR) is 108 cm³/mol. The van der Waals surface area contributed by atoms with Gasteiger partial charge in [0, 0.05) is 33.8 Å². The molecule has 130 valence electrons. The van der Waals surface area contributed by atoms with Gasteiger partial charge in [-0.15, -0.1) is 24.0 Å². The van der Waals surface area contributed by atoms with Gasteiger partial charge in [0.05, 0.1) is 6.61 Å². The summed E-state index contributed by atoms with van der Waals surface area (Å²) in [6, 6.07) is 10.9. The molecule has 1 saturated heterocycles. The molecule has 23 heavy (non-hydrogen) atoms. The number of nitrogens with zero attached hydrogens (tertiary/aromatic N) is 2. The SMILES string of the molecule is CCC1CN(C(=NC)NCCOC)CCC1c1ccccc1.I. The summed E-state index contributed by atoms with van der Waals surface area (Å²) in [5, 5.41) is 3.39. The first-order valence-corrected chi connectivity index (χ1v) is 8.29. The van der Waals surface area contributed by atoms with E-state index >= 15 is 0 Å². The van der Waals surface area contributed by atoms with Crippen molar-refractivity contribution in [1.82, 2.24) is 10.2 Å². The number of hydrogen-bond donors (Lipinski definition) is 1. The monoisotopic (exact) mass is 431 g/mol. The van der Waals surface area contributed by atoms with Crippen molar-refractivity contribution < 1.29 is 4.74 Å². The maximum Gasteiger partial charge on any atom is 0.193 e. The molecular weight excluding hydrogens is 401 g/mol. The molecular formula is C18H30IN3O. The summed E-state index contributed by atoms with van der Waals surface area (Å²) in [4.78, 5) is 6.82. The van der Waals surface area contributed by atoms with Crippen LogP contribution in [0.1, 0.15) is 31.2 Å². The highest BCUT2D eigenvalue weighted by atomic mass is 127. The number of ether oxygens (including phenoxy) is 1. The molecule has 1 N–H and O–H groups in total. The molecule has 2 atom stereocenters. The maximum atomic E-state index is 5.11. The average molecular weight is 431 g/mol. The Morgan fingerprint density at radius 2 is 2.09 bits per heavy atom. The van der Waals surface area contributed by atoms with Crippen LogP contribution < -0.4 is 5.32 Å². The van der Waals surface area contributed by atoms with Crippen molar-refractivity contribution in [2.45, 2.75) is 25.7 Å². The molecule has 1 aliphatic heterocycles. The molecule has 4 nitrogen and oxygen atoms in total. The molecule has 0 radical (unpaired) electrons. The van der Waals surface area contributed by atoms with Crippen LogP contribution in [0.2, 0.25) is 0 Å². The zero-order valence-electron chi connectivity index (χ0n) is 14.5. The van der Waals surface area contributed by atoms with E-state index in [0.717, 1.165) is 25.6 Å². The lowest BCUT2D eigenvalue weighted by molar-refractivity contribution is 0.196. The third kappa shape index (κ3) is 5.64. The molecule has 0 spiro atoms. The number of piperidine rings is 1. The molecule has 2 unspecified atom stereocenters. The highest BCUT2D eigenvalue weighted by molar-refractivity contribution is 14.0. The third-order valence-electron chi connectivity index (χ3n) is 4.59. The van der Waals surface area contributed by atoms with Crippen molar-refractivity contribution in [2.75, 3.05) is 40.4 Å². The van der Waals surface area contributed by atoms with Crippen molar-refractivity contribution in [3.8, 4) is 0 Å². The van der Waals surface area contributed by atoms with Gasteiger partial charge in [-0.3, -0.25) is 4.99 Å². The second-order valence-electron chi connectivity index (χ2n) is 5.89. The first-order valence-electron chi connectivity index (χ1n) is 8.29. The van der Waals surface area contributed by atoms with Crippen LogP contribution in [-0.4, -0.2) is 51.3 Å². The first kappa shape index (κ1) is 20.2. The second-order valence-corrected chi connectivity index (χ2v) is 5.89. The molecule has 5 heteroatoms. The summed E-state index contributed by atoms with van der Waals surface area (Å²) in [6.45, 7) is 5.94. The highest BCUT2D eigenvalue weighted by Crippen LogP contribution is 2.34. The largest absolute Gasteiger partial charge is 0.383 e. The van der Waals surface area contributed by atoms with Gasteiger partial charge in [0.25, 0.3) is 0 Å². The summed E-state index contributed by atoms with van der Waals surface area (Å²) >= 11 is 0. The lowest BCUT2D eigenvalue weighted by atomic mass is 9.79. The third-order valence-corrected chi connectivity index (χ3v) is 4.59. The van der Waals surface area contributed by atoms with Crippen molar-refractivity contribution in [3.05, 3.63) is 35.9 Å². The van der Waals surface area contributed by atoms with Gasteiger partial charge in [0.1, 0.15) is 0 Å². The van der Waals surface area contributed by atoms with Crippen molar-refractivity contribution in [2.24, 2.45) is 10.9 Å². The van der Waals surface area contributed by atoms with Crippen LogP contribution in [-0.2, 0) is 4.74 Å². The van der Waals surface area contributed by atoms with Crippen LogP contribution in [0.3, 0.4) is 0 Å². The number of nitrogens with one attached hydrogen (secondary N) is 1. The lowest BCUT2D eigenvalue weighted by Gasteiger charge is -2.40. The van der Waals surface area contributed by atoms with Crippen molar-refractivity contribution in [1.29, 1.82) is 0 Å². The number of hydrogen-bond acceptors (Lipinski definition) is 2. The van der Waals surface area contributed by atoms with Crippen molar-refractivity contribution in [3.63, 3.8) is 0 Å². The van der Waals surface area contributed by atoms with E-state index < -0.39 is 0 Å². The summed E-state index contributed by atoms with van der Waals surface area (Å²) < 4.78 is 5.11. The number of guanidine groups is 1. The van der Waals surface area contributed by atoms with Crippen LogP contribution in [0, 0.1) is 5.92 Å². The van der Waals surface area contributed by atoms with E-state index in [-0.39, 0.29) is 24.0 Å². The maximum absolute atomic E-state index is 5.11. The Morgan fingerprint density at radius 1 is 1.35 bits per heavy atom. The van der Waals surface area contributed by atoms with E-state index in [1.807, 2.05) is 7.05 Å². The fraction of sp³-hybridized carbons (Fsp3) is 0.611. The molecule has 1 fully saturated rings. The highest BCUT2D eigenvalue weighted by Gasteiger charge is 2.30. The molecule has 1 aliphatic rings. The number of halogens is 1. The van der Waals surface area contributed by atoms with Crippen LogP contribution in [0.5, 0.6) is 0 Å². The zero-order valence-corrected chi connectivity index (χ0v) is 16.8. The van der Waals surface area contributed by atoms with Gasteiger partial charge in [-0.1, -0.05) is 43.7 Å². The summed E-state index contributed by atoms with van der Waals surface area (Å²) in [7, 11) is 3.59. The quantitative estimate of drug-likeness (QED) is 0.336. The Hall–Kier alpha value is -0.820. The molecule has 0 saturated carbocycles. The van der Waals surface area contributed by atoms with E-state index in [0.29, 0.717) is 18.4 Å². The number of aliphatic imine (C=N–C) groups is 1. The van der Waals surface area contributed by atoms with Gasteiger partial charge >= 0.3 is 0 Å². The molecule has 0 amide bonds. The number of likely N-dealkylation sites (tertiary alicyclic amines) is 1. The smallest absolute Gasteiger partial charge is 0.193 e. The zero-order chi connectivity index (χ0) is 15.8. The molecule has 2 rings (SSSR count). The van der Waals surface area contributed by atoms with Gasteiger partial charge in [-0.2, -0.15) is 0 Å². The minimum absolute atomic E-state index is 0. The molecule has 1 heterocycles. The van der Waals surface area contributed by atoms with Gasteiger partial charge in [0.2, 0.25) is 0 Å². The Balaban J connectivity index is 0.00000264. The van der Waals surface area contributed by atoms with Gasteiger partial charge in [0.15, 0.2) is 5.96 Å². The minimum Gasteiger partial charge on any atom is -0.383 e. The average Bonchev–Trinajstić information content (AvgIpc) is 2.59. The first-order chi connectivity index (χ1) is 10.8. The van der Waals surface area contributed by atoms with E-state index in [1.165, 1.54) is 18.4 Å². The second kappa shape index (κ2) is 10.9. The summed E-state index contributed by atoms with van der Waals surface area (Å²) in [5.74, 6) is 2.35. The summed E-state index contributed by atoms with van der Waals surface area (Å²) in [5.41, 5.74) is 1.48. The molecule has 1 aromatic carbocycles. The minimum atomic E-state index is 0. The lowest BCUT2D eigenvalue weighted by Crippen LogP contribution is -2.49. The van der Waals surface area contributed by atoms with Crippen LogP contribution >= 0.6 is 24.0 Å². The van der Waals surface area contributed by atoms with E-state index in [4.69, 9.17) is 4.74 Å². The molecule has 0 bridgehead atoms. The Labute approximate surface area is 157 Å². The standard InChI is InChI=1S/C18H29N3O.HI/c1-4-15-14-21(18(19-2)20-11-13-22-3)12-10-17(15)16-8-6-5-7-9-16;/h5-9,15,17H,4,10-14H2,1-3H3,(H,19,20);1H. The topological polar surface area (TPSA) is 36.9 Å². The van der Waals surface area contributed by atoms with Gasteiger partial charge < -0.3 is 15.0 Å². The predicted octanol–water partition coefficient (Wildman–Crippen LogP) is 3.34. The number of methoxy groups -OCH3 is 1. The van der Waals surface area contributed by atoms with E-state index in [2.05, 4.69) is 52.5 Å². The fourth-order valence-electron chi connectivity index (χ4n) is 3.37. The van der Waals surface area contributed by atoms with Crippen LogP contribution in [0.15, 0.2) is 35.3 Å².